The van der Waals surface area contributed by atoms with Crippen LogP contribution >= 0.6 is 11.6 Å². The van der Waals surface area contributed by atoms with E-state index in [1.807, 2.05) is 39.0 Å². The lowest BCUT2D eigenvalue weighted by atomic mass is 10.1. The van der Waals surface area contributed by atoms with E-state index in [1.165, 1.54) is 22.5 Å². The van der Waals surface area contributed by atoms with Gasteiger partial charge in [-0.1, -0.05) is 24.1 Å². The van der Waals surface area contributed by atoms with Crippen molar-refractivity contribution in [1.82, 2.24) is 9.62 Å². The zero-order chi connectivity index (χ0) is 24.2. The maximum Gasteiger partial charge on any atom is 0.251 e. The Kier molecular flexibility index (Phi) is 8.26. The number of nitrogens with one attached hydrogen (secondary N) is 1. The summed E-state index contributed by atoms with van der Waals surface area (Å²) in [5.41, 5.74) is 1.06. The van der Waals surface area contributed by atoms with Crippen LogP contribution in [0, 0.1) is 0 Å². The number of hydrogen-bond donors (Lipinski definition) is 1. The van der Waals surface area contributed by atoms with Gasteiger partial charge in [0.1, 0.15) is 4.90 Å². The molecule has 1 saturated heterocycles. The second-order valence-electron chi connectivity index (χ2n) is 8.38. The van der Waals surface area contributed by atoms with E-state index in [2.05, 4.69) is 5.32 Å². The molecule has 180 valence electrons. The van der Waals surface area contributed by atoms with E-state index >= 15 is 0 Å². The van der Waals surface area contributed by atoms with Crippen LogP contribution < -0.4 is 14.8 Å². The van der Waals surface area contributed by atoms with Gasteiger partial charge in [0.05, 0.1) is 24.3 Å². The van der Waals surface area contributed by atoms with Crippen molar-refractivity contribution in [2.24, 2.45) is 0 Å². The Morgan fingerprint density at radius 2 is 1.73 bits per heavy atom. The molecule has 0 radical (unpaired) electrons. The van der Waals surface area contributed by atoms with Crippen LogP contribution in [0.2, 0.25) is 5.02 Å². The van der Waals surface area contributed by atoms with Crippen LogP contribution in [-0.4, -0.2) is 44.9 Å². The molecular formula is C24H31ClN2O5S. The van der Waals surface area contributed by atoms with E-state index in [0.717, 1.165) is 24.8 Å². The van der Waals surface area contributed by atoms with Crippen molar-refractivity contribution in [2.75, 3.05) is 20.2 Å². The molecule has 1 fully saturated rings. The van der Waals surface area contributed by atoms with Gasteiger partial charge in [-0.25, -0.2) is 8.42 Å². The zero-order valence-electron chi connectivity index (χ0n) is 19.4. The van der Waals surface area contributed by atoms with Crippen LogP contribution in [-0.2, 0) is 10.0 Å². The molecule has 2 aromatic rings. The average molecular weight is 495 g/mol. The highest BCUT2D eigenvalue weighted by Gasteiger charge is 2.29. The van der Waals surface area contributed by atoms with Crippen LogP contribution in [0.3, 0.4) is 0 Å². The van der Waals surface area contributed by atoms with Crippen LogP contribution in [0.15, 0.2) is 41.3 Å². The number of rotatable bonds is 8. The number of benzene rings is 2. The summed E-state index contributed by atoms with van der Waals surface area (Å²) in [6.45, 7) is 6.63. The maximum atomic E-state index is 13.1. The fourth-order valence-electron chi connectivity index (χ4n) is 3.75. The smallest absolute Gasteiger partial charge is 0.251 e. The normalized spacial score (nSPS) is 15.8. The fourth-order valence-corrected chi connectivity index (χ4v) is 5.77. The Bertz CT molecular complexity index is 1100. The second-order valence-corrected chi connectivity index (χ2v) is 10.7. The molecule has 1 N–H and O–H groups in total. The zero-order valence-corrected chi connectivity index (χ0v) is 21.0. The first-order valence-electron chi connectivity index (χ1n) is 11.1. The van der Waals surface area contributed by atoms with E-state index < -0.39 is 15.9 Å². The summed E-state index contributed by atoms with van der Waals surface area (Å²) in [5, 5.41) is 3.02. The van der Waals surface area contributed by atoms with Gasteiger partial charge in [-0.3, -0.25) is 4.79 Å². The van der Waals surface area contributed by atoms with Gasteiger partial charge in [-0.05, 0) is 69.5 Å². The van der Waals surface area contributed by atoms with Gasteiger partial charge < -0.3 is 14.8 Å². The van der Waals surface area contributed by atoms with Gasteiger partial charge in [0, 0.05) is 18.7 Å². The number of carbonyl (C=O) groups is 1. The van der Waals surface area contributed by atoms with Crippen molar-refractivity contribution in [1.29, 1.82) is 0 Å². The van der Waals surface area contributed by atoms with Crippen LogP contribution in [0.4, 0.5) is 0 Å². The summed E-state index contributed by atoms with van der Waals surface area (Å²) in [6.07, 6.45) is 2.65. The average Bonchev–Trinajstić information content (AvgIpc) is 2.79. The maximum absolute atomic E-state index is 13.1. The molecule has 1 heterocycles. The summed E-state index contributed by atoms with van der Waals surface area (Å²) in [7, 11) is -2.20. The van der Waals surface area contributed by atoms with Gasteiger partial charge in [-0.15, -0.1) is 0 Å². The van der Waals surface area contributed by atoms with E-state index in [9.17, 15) is 13.2 Å². The monoisotopic (exact) mass is 494 g/mol. The Morgan fingerprint density at radius 1 is 1.03 bits per heavy atom. The molecule has 0 saturated carbocycles. The Hall–Kier alpha value is -2.29. The minimum absolute atomic E-state index is 0.00203. The van der Waals surface area contributed by atoms with Gasteiger partial charge in [0.25, 0.3) is 5.91 Å². The van der Waals surface area contributed by atoms with Crippen LogP contribution in [0.5, 0.6) is 11.5 Å². The molecule has 0 bridgehead atoms. The van der Waals surface area contributed by atoms with Gasteiger partial charge in [0.2, 0.25) is 10.0 Å². The van der Waals surface area contributed by atoms with E-state index in [1.54, 1.807) is 7.11 Å². The standard InChI is InChI=1S/C24H31ClN2O5S/c1-16(2)32-21-11-9-18(14-22(21)31-4)17(3)26-24(28)19-8-10-20(25)23(15-19)33(29,30)27-12-6-5-7-13-27/h8-11,14-17H,5-7,12-13H2,1-4H3,(H,26,28). The highest BCUT2D eigenvalue weighted by molar-refractivity contribution is 7.89. The van der Waals surface area contributed by atoms with E-state index in [4.69, 9.17) is 21.1 Å². The molecule has 0 aliphatic carbocycles. The van der Waals surface area contributed by atoms with Crippen LogP contribution in [0.25, 0.3) is 0 Å². The summed E-state index contributed by atoms with van der Waals surface area (Å²) in [5.74, 6) is 0.805. The van der Waals surface area contributed by atoms with E-state index in [0.29, 0.717) is 24.6 Å². The molecule has 0 aromatic heterocycles. The number of sulfonamides is 1. The molecule has 1 unspecified atom stereocenters. The molecule has 3 rings (SSSR count). The molecule has 1 atom stereocenters. The molecule has 1 aliphatic heterocycles. The third-order valence-corrected chi connectivity index (χ3v) is 7.90. The molecular weight excluding hydrogens is 464 g/mol. The first kappa shape index (κ1) is 25.3. The molecule has 9 heteroatoms. The first-order valence-corrected chi connectivity index (χ1v) is 12.9. The highest BCUT2D eigenvalue weighted by Crippen LogP contribution is 2.32. The molecule has 2 aromatic carbocycles. The number of nitrogens with zero attached hydrogens (tertiary/aromatic N) is 1. The molecule has 33 heavy (non-hydrogen) atoms. The van der Waals surface area contributed by atoms with Crippen molar-refractivity contribution in [3.05, 3.63) is 52.5 Å². The van der Waals surface area contributed by atoms with Gasteiger partial charge in [0.15, 0.2) is 11.5 Å². The number of piperidine rings is 1. The summed E-state index contributed by atoms with van der Waals surface area (Å²) >= 11 is 6.23. The molecule has 0 spiro atoms. The number of carbonyl (C=O) groups excluding carboxylic acids is 1. The SMILES string of the molecule is COc1cc(C(C)NC(=O)c2ccc(Cl)c(S(=O)(=O)N3CCCCC3)c2)ccc1OC(C)C. The quantitative estimate of drug-likeness (QED) is 0.569. The van der Waals surface area contributed by atoms with Crippen LogP contribution in [0.1, 0.15) is 62.0 Å². The third kappa shape index (κ3) is 5.99. The van der Waals surface area contributed by atoms with Gasteiger partial charge in [-0.2, -0.15) is 4.31 Å². The van der Waals surface area contributed by atoms with E-state index in [-0.39, 0.29) is 27.6 Å². The predicted octanol–water partition coefficient (Wildman–Crippen LogP) is 4.80. The van der Waals surface area contributed by atoms with Crippen molar-refractivity contribution in [2.45, 2.75) is 57.1 Å². The number of ether oxygens (including phenoxy) is 2. The number of hydrogen-bond acceptors (Lipinski definition) is 5. The topological polar surface area (TPSA) is 84.9 Å². The molecule has 1 aliphatic rings. The van der Waals surface area contributed by atoms with Crippen molar-refractivity contribution in [3.8, 4) is 11.5 Å². The fraction of sp³-hybridized carbons (Fsp3) is 0.458. The summed E-state index contributed by atoms with van der Waals surface area (Å²) in [6, 6.07) is 9.48. The van der Waals surface area contributed by atoms with Gasteiger partial charge >= 0.3 is 0 Å². The molecule has 7 nitrogen and oxygen atoms in total. The van der Waals surface area contributed by atoms with Crippen molar-refractivity contribution in [3.63, 3.8) is 0 Å². The Labute approximate surface area is 201 Å². The third-order valence-electron chi connectivity index (χ3n) is 5.52. The minimum Gasteiger partial charge on any atom is -0.493 e. The largest absolute Gasteiger partial charge is 0.493 e. The number of halogens is 1. The molecule has 1 amide bonds. The lowest BCUT2D eigenvalue weighted by Gasteiger charge is -2.26. The lowest BCUT2D eigenvalue weighted by molar-refractivity contribution is 0.0939. The Balaban J connectivity index is 1.80. The van der Waals surface area contributed by atoms with Crippen molar-refractivity contribution < 1.29 is 22.7 Å². The first-order chi connectivity index (χ1) is 15.6. The number of amides is 1. The predicted molar refractivity (Wildman–Crippen MR) is 129 cm³/mol. The lowest BCUT2D eigenvalue weighted by Crippen LogP contribution is -2.36. The summed E-state index contributed by atoms with van der Waals surface area (Å²) in [4.78, 5) is 12.9. The number of methoxy groups -OCH3 is 1. The minimum atomic E-state index is -3.76. The van der Waals surface area contributed by atoms with Crippen molar-refractivity contribution >= 4 is 27.5 Å². The second kappa shape index (κ2) is 10.8. The summed E-state index contributed by atoms with van der Waals surface area (Å²) < 4.78 is 38.8. The Morgan fingerprint density at radius 3 is 2.36 bits per heavy atom. The highest BCUT2D eigenvalue weighted by atomic mass is 35.5.